The number of anilines is 2. The minimum atomic E-state index is 0.873. The number of nitrogens with one attached hydrogen (secondary N) is 1. The fourth-order valence-electron chi connectivity index (χ4n) is 2.86. The molecular formula is C17H21N3. The smallest absolute Gasteiger partial charge is 0.0487 e. The monoisotopic (exact) mass is 267 g/mol. The summed E-state index contributed by atoms with van der Waals surface area (Å²) in [6.45, 7) is 5.07. The molecule has 0 radical (unpaired) electrons. The van der Waals surface area contributed by atoms with Crippen LogP contribution in [0.3, 0.4) is 0 Å². The zero-order valence-electron chi connectivity index (χ0n) is 12.0. The van der Waals surface area contributed by atoms with E-state index >= 15 is 0 Å². The van der Waals surface area contributed by atoms with E-state index in [-0.39, 0.29) is 0 Å². The van der Waals surface area contributed by atoms with Crippen molar-refractivity contribution in [3.8, 4) is 0 Å². The molecule has 0 aliphatic carbocycles. The highest BCUT2D eigenvalue weighted by Gasteiger charge is 2.19. The van der Waals surface area contributed by atoms with Crippen molar-refractivity contribution >= 4 is 11.4 Å². The number of para-hydroxylation sites is 1. The van der Waals surface area contributed by atoms with E-state index in [0.29, 0.717) is 0 Å². The van der Waals surface area contributed by atoms with Crippen LogP contribution in [0, 0.1) is 0 Å². The summed E-state index contributed by atoms with van der Waals surface area (Å²) >= 11 is 0. The molecule has 0 fully saturated rings. The number of nitrogens with zero attached hydrogens (tertiary/aromatic N) is 2. The summed E-state index contributed by atoms with van der Waals surface area (Å²) < 4.78 is 0. The Balaban J connectivity index is 1.98. The van der Waals surface area contributed by atoms with Crippen molar-refractivity contribution in [3.63, 3.8) is 0 Å². The first kappa shape index (κ1) is 13.1. The van der Waals surface area contributed by atoms with Gasteiger partial charge in [-0.1, -0.05) is 25.1 Å². The van der Waals surface area contributed by atoms with Crippen LogP contribution in [-0.4, -0.2) is 18.1 Å². The maximum absolute atomic E-state index is 4.28. The predicted octanol–water partition coefficient (Wildman–Crippen LogP) is 3.28. The Morgan fingerprint density at radius 3 is 3.00 bits per heavy atom. The van der Waals surface area contributed by atoms with Crippen molar-refractivity contribution in [1.82, 2.24) is 10.3 Å². The van der Waals surface area contributed by atoms with E-state index in [4.69, 9.17) is 0 Å². The van der Waals surface area contributed by atoms with E-state index in [0.717, 1.165) is 19.6 Å². The molecule has 2 aromatic rings. The minimum absolute atomic E-state index is 0.873. The Hall–Kier alpha value is -1.87. The molecule has 3 nitrogen and oxygen atoms in total. The largest absolute Gasteiger partial charge is 0.341 e. The van der Waals surface area contributed by atoms with Gasteiger partial charge in [-0.15, -0.1) is 0 Å². The fraction of sp³-hybridized carbons (Fsp3) is 0.353. The van der Waals surface area contributed by atoms with Gasteiger partial charge >= 0.3 is 0 Å². The number of rotatable bonds is 4. The Bertz CT molecular complexity index is 580. The van der Waals surface area contributed by atoms with Gasteiger partial charge in [0.2, 0.25) is 0 Å². The molecule has 0 saturated carbocycles. The number of hydrogen-bond donors (Lipinski definition) is 1. The van der Waals surface area contributed by atoms with Crippen LogP contribution in [0.4, 0.5) is 11.4 Å². The van der Waals surface area contributed by atoms with Gasteiger partial charge in [0.1, 0.15) is 0 Å². The molecule has 0 bridgehead atoms. The summed E-state index contributed by atoms with van der Waals surface area (Å²) in [6.07, 6.45) is 6.26. The van der Waals surface area contributed by atoms with Gasteiger partial charge < -0.3 is 10.2 Å². The summed E-state index contributed by atoms with van der Waals surface area (Å²) in [5.74, 6) is 0. The van der Waals surface area contributed by atoms with Gasteiger partial charge in [0.25, 0.3) is 0 Å². The van der Waals surface area contributed by atoms with E-state index in [9.17, 15) is 0 Å². The second-order valence-corrected chi connectivity index (χ2v) is 5.17. The number of benzene rings is 1. The van der Waals surface area contributed by atoms with Gasteiger partial charge in [0.05, 0.1) is 0 Å². The fourth-order valence-corrected chi connectivity index (χ4v) is 2.86. The molecule has 20 heavy (non-hydrogen) atoms. The maximum Gasteiger partial charge on any atom is 0.0487 e. The van der Waals surface area contributed by atoms with Crippen molar-refractivity contribution < 1.29 is 0 Å². The molecule has 1 aliphatic heterocycles. The van der Waals surface area contributed by atoms with Crippen molar-refractivity contribution in [3.05, 3.63) is 53.9 Å². The lowest BCUT2D eigenvalue weighted by Gasteiger charge is -2.32. The molecule has 0 unspecified atom stereocenters. The highest BCUT2D eigenvalue weighted by Crippen LogP contribution is 2.34. The van der Waals surface area contributed by atoms with E-state index < -0.39 is 0 Å². The van der Waals surface area contributed by atoms with Crippen LogP contribution in [0.2, 0.25) is 0 Å². The molecule has 104 valence electrons. The normalized spacial score (nSPS) is 14.2. The Morgan fingerprint density at radius 2 is 2.10 bits per heavy atom. The van der Waals surface area contributed by atoms with Crippen LogP contribution >= 0.6 is 0 Å². The first-order chi connectivity index (χ1) is 9.90. The molecule has 0 atom stereocenters. The lowest BCUT2D eigenvalue weighted by molar-refractivity contribution is 0.715. The first-order valence-electron chi connectivity index (χ1n) is 7.39. The zero-order chi connectivity index (χ0) is 13.8. The minimum Gasteiger partial charge on any atom is -0.341 e. The molecule has 0 spiro atoms. The molecular weight excluding hydrogens is 246 g/mol. The molecule has 1 aliphatic rings. The molecule has 3 rings (SSSR count). The average Bonchev–Trinajstić information content (AvgIpc) is 2.53. The van der Waals surface area contributed by atoms with Crippen LogP contribution in [0.5, 0.6) is 0 Å². The number of hydrogen-bond acceptors (Lipinski definition) is 3. The third kappa shape index (κ3) is 2.54. The standard InChI is InChI=1S/C17H21N3/c1-2-18-12-15-13-19-10-9-17(15)20-11-5-7-14-6-3-4-8-16(14)20/h3-4,6,8-10,13,18H,2,5,7,11-12H2,1H3. The van der Waals surface area contributed by atoms with Gasteiger partial charge in [-0.25, -0.2) is 0 Å². The van der Waals surface area contributed by atoms with E-state index in [1.54, 1.807) is 0 Å². The predicted molar refractivity (Wildman–Crippen MR) is 83.4 cm³/mol. The molecule has 3 heteroatoms. The van der Waals surface area contributed by atoms with Crippen molar-refractivity contribution in [2.45, 2.75) is 26.3 Å². The summed E-state index contributed by atoms with van der Waals surface area (Å²) in [6, 6.07) is 10.9. The highest BCUT2D eigenvalue weighted by atomic mass is 15.1. The number of fused-ring (bicyclic) bond motifs is 1. The van der Waals surface area contributed by atoms with Crippen LogP contribution in [0.15, 0.2) is 42.7 Å². The van der Waals surface area contributed by atoms with Crippen LogP contribution in [0.25, 0.3) is 0 Å². The summed E-state index contributed by atoms with van der Waals surface area (Å²) in [5, 5.41) is 3.40. The third-order valence-corrected chi connectivity index (χ3v) is 3.84. The summed E-state index contributed by atoms with van der Waals surface area (Å²) in [7, 11) is 0. The number of pyridine rings is 1. The van der Waals surface area contributed by atoms with Gasteiger partial charge in [0.15, 0.2) is 0 Å². The molecule has 1 aromatic carbocycles. The van der Waals surface area contributed by atoms with Gasteiger partial charge in [0, 0.05) is 42.4 Å². The molecule has 0 amide bonds. The van der Waals surface area contributed by atoms with Gasteiger partial charge in [-0.2, -0.15) is 0 Å². The van der Waals surface area contributed by atoms with E-state index in [1.807, 2.05) is 12.4 Å². The lowest BCUT2D eigenvalue weighted by atomic mass is 10.0. The van der Waals surface area contributed by atoms with Crippen LogP contribution in [-0.2, 0) is 13.0 Å². The molecule has 2 heterocycles. The Morgan fingerprint density at radius 1 is 1.20 bits per heavy atom. The number of aryl methyl sites for hydroxylation is 1. The summed E-state index contributed by atoms with van der Waals surface area (Å²) in [5.41, 5.74) is 5.35. The van der Waals surface area contributed by atoms with E-state index in [1.165, 1.54) is 35.3 Å². The first-order valence-corrected chi connectivity index (χ1v) is 7.39. The SMILES string of the molecule is CCNCc1cnccc1N1CCCc2ccccc21. The molecule has 1 N–H and O–H groups in total. The molecule has 1 aromatic heterocycles. The van der Waals surface area contributed by atoms with Crippen molar-refractivity contribution in [2.24, 2.45) is 0 Å². The molecule has 0 saturated heterocycles. The lowest BCUT2D eigenvalue weighted by Crippen LogP contribution is -2.26. The Kier molecular flexibility index (Phi) is 3.97. The second-order valence-electron chi connectivity index (χ2n) is 5.17. The topological polar surface area (TPSA) is 28.2 Å². The second kappa shape index (κ2) is 6.06. The number of aromatic nitrogens is 1. The van der Waals surface area contributed by atoms with E-state index in [2.05, 4.69) is 52.5 Å². The summed E-state index contributed by atoms with van der Waals surface area (Å²) in [4.78, 5) is 6.72. The maximum atomic E-state index is 4.28. The zero-order valence-corrected chi connectivity index (χ0v) is 12.0. The van der Waals surface area contributed by atoms with Gasteiger partial charge in [-0.3, -0.25) is 4.98 Å². The highest BCUT2D eigenvalue weighted by molar-refractivity contribution is 5.69. The van der Waals surface area contributed by atoms with Crippen LogP contribution < -0.4 is 10.2 Å². The van der Waals surface area contributed by atoms with Crippen molar-refractivity contribution in [2.75, 3.05) is 18.0 Å². The average molecular weight is 267 g/mol. The Labute approximate surface area is 120 Å². The van der Waals surface area contributed by atoms with Crippen LogP contribution in [0.1, 0.15) is 24.5 Å². The van der Waals surface area contributed by atoms with Gasteiger partial charge in [-0.05, 0) is 37.1 Å². The van der Waals surface area contributed by atoms with Crippen molar-refractivity contribution in [1.29, 1.82) is 0 Å². The third-order valence-electron chi connectivity index (χ3n) is 3.84. The quantitative estimate of drug-likeness (QED) is 0.921.